The molecule has 0 aromatic heterocycles. The van der Waals surface area contributed by atoms with Gasteiger partial charge in [-0.1, -0.05) is 42.5 Å². The molecule has 0 saturated carbocycles. The molecule has 0 aliphatic rings. The first-order valence-corrected chi connectivity index (χ1v) is 8.80. The van der Waals surface area contributed by atoms with Gasteiger partial charge in [-0.25, -0.2) is 4.79 Å². The Balaban J connectivity index is 2.07. The molecule has 3 N–H and O–H groups in total. The van der Waals surface area contributed by atoms with Crippen LogP contribution in [0, 0.1) is 0 Å². The van der Waals surface area contributed by atoms with Crippen LogP contribution in [0.25, 0.3) is 0 Å². The van der Waals surface area contributed by atoms with Gasteiger partial charge in [0.05, 0.1) is 12.6 Å². The molecule has 0 aliphatic carbocycles. The van der Waals surface area contributed by atoms with Gasteiger partial charge in [0.25, 0.3) is 0 Å². The van der Waals surface area contributed by atoms with Crippen molar-refractivity contribution < 1.29 is 14.6 Å². The predicted molar refractivity (Wildman–Crippen MR) is 104 cm³/mol. The minimum Gasteiger partial charge on any atom is -0.444 e. The first kappa shape index (κ1) is 19.8. The molecule has 0 bridgehead atoms. The summed E-state index contributed by atoms with van der Waals surface area (Å²) in [7, 11) is 0. The highest BCUT2D eigenvalue weighted by Crippen LogP contribution is 2.17. The average Bonchev–Trinajstić information content (AvgIpc) is 2.59. The van der Waals surface area contributed by atoms with E-state index in [1.807, 2.05) is 75.4 Å². The zero-order valence-corrected chi connectivity index (χ0v) is 15.7. The summed E-state index contributed by atoms with van der Waals surface area (Å²) < 4.78 is 5.50. The number of hydrogen-bond acceptors (Lipinski definition) is 4. The van der Waals surface area contributed by atoms with Crippen molar-refractivity contribution in [2.75, 3.05) is 18.8 Å². The molecule has 0 unspecified atom stereocenters. The molecule has 5 nitrogen and oxygen atoms in total. The highest BCUT2D eigenvalue weighted by atomic mass is 16.6. The van der Waals surface area contributed by atoms with Crippen LogP contribution in [0.5, 0.6) is 0 Å². The van der Waals surface area contributed by atoms with Gasteiger partial charge in [0.1, 0.15) is 5.60 Å². The second-order valence-electron chi connectivity index (χ2n) is 7.34. The average molecular weight is 356 g/mol. The Morgan fingerprint density at radius 1 is 1.12 bits per heavy atom. The molecule has 0 fully saturated rings. The van der Waals surface area contributed by atoms with Crippen LogP contribution < -0.4 is 5.73 Å². The minimum absolute atomic E-state index is 0.175. The number of carbonyl (C=O) groups is 1. The molecule has 0 heterocycles. The second-order valence-corrected chi connectivity index (χ2v) is 7.34. The van der Waals surface area contributed by atoms with Gasteiger partial charge >= 0.3 is 6.09 Å². The molecule has 140 valence electrons. The molecule has 0 saturated heterocycles. The van der Waals surface area contributed by atoms with Crippen molar-refractivity contribution in [2.24, 2.45) is 0 Å². The van der Waals surface area contributed by atoms with Gasteiger partial charge in [-0.15, -0.1) is 0 Å². The van der Waals surface area contributed by atoms with Gasteiger partial charge < -0.3 is 20.5 Å². The van der Waals surface area contributed by atoms with Crippen molar-refractivity contribution in [2.45, 2.75) is 38.9 Å². The third-order valence-corrected chi connectivity index (χ3v) is 3.88. The van der Waals surface area contributed by atoms with Gasteiger partial charge in [-0.3, -0.25) is 0 Å². The molecule has 5 heteroatoms. The van der Waals surface area contributed by atoms with E-state index in [4.69, 9.17) is 10.5 Å². The highest BCUT2D eigenvalue weighted by molar-refractivity contribution is 5.68. The molecule has 0 aliphatic heterocycles. The number of benzene rings is 2. The molecular formula is C21H28N2O3. The molecular weight excluding hydrogens is 328 g/mol. The van der Waals surface area contributed by atoms with Gasteiger partial charge in [0.15, 0.2) is 0 Å². The minimum atomic E-state index is -0.768. The van der Waals surface area contributed by atoms with Gasteiger partial charge in [-0.05, 0) is 50.5 Å². The fraction of sp³-hybridized carbons (Fsp3) is 0.381. The molecule has 1 atom stereocenters. The monoisotopic (exact) mass is 356 g/mol. The fourth-order valence-electron chi connectivity index (χ4n) is 2.52. The van der Waals surface area contributed by atoms with E-state index in [1.165, 1.54) is 0 Å². The number of ether oxygens (including phenoxy) is 1. The predicted octanol–water partition coefficient (Wildman–Crippen LogP) is 3.78. The molecule has 0 radical (unpaired) electrons. The van der Waals surface area contributed by atoms with E-state index in [9.17, 15) is 9.90 Å². The van der Waals surface area contributed by atoms with Gasteiger partial charge in [0, 0.05) is 12.2 Å². The van der Waals surface area contributed by atoms with E-state index in [1.54, 1.807) is 4.90 Å². The summed E-state index contributed by atoms with van der Waals surface area (Å²) in [5, 5.41) is 10.5. The highest BCUT2D eigenvalue weighted by Gasteiger charge is 2.24. The number of carbonyl (C=O) groups excluding carboxylic acids is 1. The van der Waals surface area contributed by atoms with Crippen LogP contribution in [0.2, 0.25) is 0 Å². The number of aliphatic hydroxyl groups excluding tert-OH is 1. The summed E-state index contributed by atoms with van der Waals surface area (Å²) >= 11 is 0. The second kappa shape index (κ2) is 8.72. The van der Waals surface area contributed by atoms with Crippen molar-refractivity contribution in [1.29, 1.82) is 0 Å². The number of amides is 1. The number of nitrogens with zero attached hydrogens (tertiary/aromatic N) is 1. The molecule has 2 rings (SSSR count). The maximum absolute atomic E-state index is 12.6. The van der Waals surface area contributed by atoms with Gasteiger partial charge in [-0.2, -0.15) is 0 Å². The number of aliphatic hydroxyl groups is 1. The summed E-state index contributed by atoms with van der Waals surface area (Å²) in [6, 6.07) is 16.9. The summed E-state index contributed by atoms with van der Waals surface area (Å²) in [4.78, 5) is 14.1. The SMILES string of the molecule is CC(C)(C)OC(=O)N(CCc1ccc(N)cc1)C[C@H](O)c1ccccc1. The topological polar surface area (TPSA) is 75.8 Å². The molecule has 0 spiro atoms. The molecule has 2 aromatic rings. The van der Waals surface area contributed by atoms with Crippen LogP contribution in [-0.2, 0) is 11.2 Å². The lowest BCUT2D eigenvalue weighted by molar-refractivity contribution is 0.0147. The lowest BCUT2D eigenvalue weighted by Gasteiger charge is -2.29. The van der Waals surface area contributed by atoms with E-state index >= 15 is 0 Å². The number of nitrogens with two attached hydrogens (primary N) is 1. The lowest BCUT2D eigenvalue weighted by atomic mass is 10.1. The van der Waals surface area contributed by atoms with Crippen molar-refractivity contribution >= 4 is 11.8 Å². The van der Waals surface area contributed by atoms with Crippen LogP contribution in [0.4, 0.5) is 10.5 Å². The zero-order chi connectivity index (χ0) is 19.2. The first-order chi connectivity index (χ1) is 12.2. The van der Waals surface area contributed by atoms with E-state index in [0.717, 1.165) is 11.1 Å². The number of nitrogen functional groups attached to an aromatic ring is 1. The summed E-state index contributed by atoms with van der Waals surface area (Å²) in [6.07, 6.45) is -0.542. The van der Waals surface area contributed by atoms with Crippen LogP contribution in [0.3, 0.4) is 0 Å². The van der Waals surface area contributed by atoms with E-state index in [0.29, 0.717) is 18.7 Å². The Morgan fingerprint density at radius 2 is 1.73 bits per heavy atom. The third kappa shape index (κ3) is 6.41. The van der Waals surface area contributed by atoms with Crippen molar-refractivity contribution in [1.82, 2.24) is 4.90 Å². The number of anilines is 1. The fourth-order valence-corrected chi connectivity index (χ4v) is 2.52. The van der Waals surface area contributed by atoms with E-state index < -0.39 is 17.8 Å². The summed E-state index contributed by atoms with van der Waals surface area (Å²) in [5.74, 6) is 0. The van der Waals surface area contributed by atoms with E-state index in [2.05, 4.69) is 0 Å². The smallest absolute Gasteiger partial charge is 0.410 e. The Morgan fingerprint density at radius 3 is 2.31 bits per heavy atom. The largest absolute Gasteiger partial charge is 0.444 e. The quantitative estimate of drug-likeness (QED) is 0.772. The molecule has 26 heavy (non-hydrogen) atoms. The number of rotatable bonds is 6. The Labute approximate surface area is 155 Å². The van der Waals surface area contributed by atoms with Crippen LogP contribution in [-0.4, -0.2) is 34.8 Å². The van der Waals surface area contributed by atoms with Crippen LogP contribution in [0.1, 0.15) is 38.0 Å². The Hall–Kier alpha value is -2.53. The molecule has 2 aromatic carbocycles. The van der Waals surface area contributed by atoms with Crippen molar-refractivity contribution in [3.05, 3.63) is 65.7 Å². The standard InChI is InChI=1S/C21H28N2O3/c1-21(2,3)26-20(25)23(14-13-16-9-11-18(22)12-10-16)15-19(24)17-7-5-4-6-8-17/h4-12,19,24H,13-15,22H2,1-3H3/t19-/m0/s1. The maximum Gasteiger partial charge on any atom is 0.410 e. The van der Waals surface area contributed by atoms with Gasteiger partial charge in [0.2, 0.25) is 0 Å². The Kier molecular flexibility index (Phi) is 6.64. The summed E-state index contributed by atoms with van der Waals surface area (Å²) in [6.45, 7) is 6.11. The van der Waals surface area contributed by atoms with Crippen molar-refractivity contribution in [3.63, 3.8) is 0 Å². The zero-order valence-electron chi connectivity index (χ0n) is 15.7. The lowest BCUT2D eigenvalue weighted by Crippen LogP contribution is -2.40. The van der Waals surface area contributed by atoms with Crippen LogP contribution in [0.15, 0.2) is 54.6 Å². The van der Waals surface area contributed by atoms with Crippen LogP contribution >= 0.6 is 0 Å². The van der Waals surface area contributed by atoms with Crippen molar-refractivity contribution in [3.8, 4) is 0 Å². The first-order valence-electron chi connectivity index (χ1n) is 8.80. The maximum atomic E-state index is 12.6. The normalized spacial score (nSPS) is 12.5. The summed E-state index contributed by atoms with van der Waals surface area (Å²) in [5.41, 5.74) is 7.67. The Bertz CT molecular complexity index is 693. The third-order valence-electron chi connectivity index (χ3n) is 3.88. The number of hydrogen-bond donors (Lipinski definition) is 2. The van der Waals surface area contributed by atoms with E-state index in [-0.39, 0.29) is 6.54 Å². The molecule has 1 amide bonds.